The van der Waals surface area contributed by atoms with Gasteiger partial charge in [-0.2, -0.15) is 5.10 Å². The Morgan fingerprint density at radius 2 is 2.29 bits per heavy atom. The summed E-state index contributed by atoms with van der Waals surface area (Å²) >= 11 is 0. The van der Waals surface area contributed by atoms with Crippen LogP contribution in [0.2, 0.25) is 0 Å². The molecule has 2 N–H and O–H groups in total. The Bertz CT molecular complexity index is 648. The molecule has 24 heavy (non-hydrogen) atoms. The lowest BCUT2D eigenvalue weighted by Crippen LogP contribution is -2.45. The molecule has 0 unspecified atom stereocenters. The van der Waals surface area contributed by atoms with E-state index in [0.717, 1.165) is 12.2 Å². The van der Waals surface area contributed by atoms with Gasteiger partial charge in [-0.15, -0.1) is 0 Å². The molecule has 8 heteroatoms. The van der Waals surface area contributed by atoms with Crippen LogP contribution < -0.4 is 10.2 Å². The zero-order valence-electron chi connectivity index (χ0n) is 13.5. The van der Waals surface area contributed by atoms with Crippen LogP contribution in [0.5, 0.6) is 0 Å². The van der Waals surface area contributed by atoms with Crippen LogP contribution >= 0.6 is 0 Å². The van der Waals surface area contributed by atoms with Crippen molar-refractivity contribution in [3.05, 3.63) is 37.1 Å². The van der Waals surface area contributed by atoms with E-state index >= 15 is 0 Å². The molecule has 1 fully saturated rings. The molecule has 0 radical (unpaired) electrons. The smallest absolute Gasteiger partial charge is 0.220 e. The number of carbonyl (C=O) groups is 1. The first kappa shape index (κ1) is 16.4. The number of aromatic nitrogens is 4. The summed E-state index contributed by atoms with van der Waals surface area (Å²) in [4.78, 5) is 22.2. The van der Waals surface area contributed by atoms with Crippen LogP contribution in [0.25, 0.3) is 0 Å². The predicted octanol–water partition coefficient (Wildman–Crippen LogP) is 0.211. The summed E-state index contributed by atoms with van der Waals surface area (Å²) in [5.41, 5.74) is -0.921. The van der Waals surface area contributed by atoms with E-state index in [1.807, 2.05) is 17.2 Å². The monoisotopic (exact) mass is 330 g/mol. The van der Waals surface area contributed by atoms with Crippen molar-refractivity contribution >= 4 is 11.7 Å². The van der Waals surface area contributed by atoms with Gasteiger partial charge in [-0.3, -0.25) is 14.5 Å². The third-order valence-electron chi connectivity index (χ3n) is 4.17. The average Bonchev–Trinajstić information content (AvgIpc) is 3.24. The van der Waals surface area contributed by atoms with Crippen LogP contribution in [-0.2, 0) is 11.3 Å². The van der Waals surface area contributed by atoms with Crippen molar-refractivity contribution in [2.24, 2.45) is 0 Å². The number of aliphatic hydroxyl groups is 1. The summed E-state index contributed by atoms with van der Waals surface area (Å²) in [7, 11) is 0. The molecule has 1 saturated heterocycles. The number of carbonyl (C=O) groups excluding carboxylic acids is 1. The van der Waals surface area contributed by atoms with Gasteiger partial charge in [0.1, 0.15) is 11.4 Å². The highest BCUT2D eigenvalue weighted by Crippen LogP contribution is 2.24. The van der Waals surface area contributed by atoms with Crippen LogP contribution in [0, 0.1) is 0 Å². The molecular weight excluding hydrogens is 308 g/mol. The molecule has 3 rings (SSSR count). The Morgan fingerprint density at radius 3 is 3.04 bits per heavy atom. The molecule has 2 aromatic rings. The molecule has 3 heterocycles. The Balaban J connectivity index is 1.40. The number of β-amino-alcohol motifs (C(OH)–C–C–N with tert-alkyl or cyclic N) is 1. The third-order valence-corrected chi connectivity index (χ3v) is 4.17. The summed E-state index contributed by atoms with van der Waals surface area (Å²) in [5, 5.41) is 17.6. The molecule has 1 amide bonds. The highest BCUT2D eigenvalue weighted by Gasteiger charge is 2.36. The van der Waals surface area contributed by atoms with E-state index in [-0.39, 0.29) is 12.5 Å². The molecule has 0 aromatic carbocycles. The molecule has 128 valence electrons. The second kappa shape index (κ2) is 7.39. The van der Waals surface area contributed by atoms with Crippen molar-refractivity contribution in [3.63, 3.8) is 0 Å². The number of anilines is 1. The first-order valence-corrected chi connectivity index (χ1v) is 8.12. The van der Waals surface area contributed by atoms with E-state index in [4.69, 9.17) is 0 Å². The quantitative estimate of drug-likeness (QED) is 0.753. The minimum absolute atomic E-state index is 0.0477. The molecule has 0 aliphatic carbocycles. The number of nitrogens with zero attached hydrogens (tertiary/aromatic N) is 5. The van der Waals surface area contributed by atoms with E-state index in [0.29, 0.717) is 32.5 Å². The topological polar surface area (TPSA) is 96.2 Å². The van der Waals surface area contributed by atoms with Crippen LogP contribution in [0.3, 0.4) is 0 Å². The molecule has 0 saturated carbocycles. The van der Waals surface area contributed by atoms with Gasteiger partial charge < -0.3 is 15.3 Å². The van der Waals surface area contributed by atoms with E-state index in [2.05, 4.69) is 20.4 Å². The fourth-order valence-corrected chi connectivity index (χ4v) is 2.84. The van der Waals surface area contributed by atoms with Crippen molar-refractivity contribution in [1.29, 1.82) is 0 Å². The Morgan fingerprint density at radius 1 is 1.38 bits per heavy atom. The van der Waals surface area contributed by atoms with Gasteiger partial charge >= 0.3 is 0 Å². The first-order valence-electron chi connectivity index (χ1n) is 8.12. The van der Waals surface area contributed by atoms with Gasteiger partial charge in [0.2, 0.25) is 5.91 Å². The van der Waals surface area contributed by atoms with Gasteiger partial charge in [-0.25, -0.2) is 4.98 Å². The molecule has 0 bridgehead atoms. The number of hydrogen-bond donors (Lipinski definition) is 2. The number of nitrogens with one attached hydrogen (secondary N) is 1. The van der Waals surface area contributed by atoms with Crippen molar-refractivity contribution < 1.29 is 9.90 Å². The highest BCUT2D eigenvalue weighted by atomic mass is 16.3. The van der Waals surface area contributed by atoms with Crippen molar-refractivity contribution in [1.82, 2.24) is 25.1 Å². The zero-order valence-corrected chi connectivity index (χ0v) is 13.5. The molecule has 1 aliphatic heterocycles. The Hall–Kier alpha value is -2.48. The highest BCUT2D eigenvalue weighted by molar-refractivity contribution is 5.75. The van der Waals surface area contributed by atoms with Gasteiger partial charge in [0.15, 0.2) is 0 Å². The van der Waals surface area contributed by atoms with Crippen molar-refractivity contribution in [2.75, 3.05) is 24.5 Å². The number of aryl methyl sites for hydroxylation is 1. The van der Waals surface area contributed by atoms with E-state index in [1.54, 1.807) is 29.5 Å². The lowest BCUT2D eigenvalue weighted by atomic mass is 10.0. The standard InChI is InChI=1S/C16H22N6O2/c23-15(3-1-8-22-9-2-5-20-22)19-12-16(24)4-10-21(13-16)14-11-17-6-7-18-14/h2,5-7,9,11,24H,1,3-4,8,10,12-13H2,(H,19,23)/t16-/m1/s1. The fraction of sp³-hybridized carbons (Fsp3) is 0.500. The normalized spacial score (nSPS) is 20.3. The maximum atomic E-state index is 11.9. The lowest BCUT2D eigenvalue weighted by Gasteiger charge is -2.24. The summed E-state index contributed by atoms with van der Waals surface area (Å²) in [6.45, 7) is 2.11. The van der Waals surface area contributed by atoms with Crippen LogP contribution in [0.15, 0.2) is 37.1 Å². The van der Waals surface area contributed by atoms with Crippen molar-refractivity contribution in [2.45, 2.75) is 31.4 Å². The minimum atomic E-state index is -0.921. The van der Waals surface area contributed by atoms with Crippen LogP contribution in [-0.4, -0.2) is 56.0 Å². The first-order chi connectivity index (χ1) is 11.6. The maximum absolute atomic E-state index is 11.9. The molecule has 8 nitrogen and oxygen atoms in total. The average molecular weight is 330 g/mol. The van der Waals surface area contributed by atoms with E-state index in [9.17, 15) is 9.90 Å². The molecule has 1 atom stereocenters. The Labute approximate surface area is 140 Å². The van der Waals surface area contributed by atoms with Crippen LogP contribution in [0.4, 0.5) is 5.82 Å². The molecule has 1 aliphatic rings. The molecule has 2 aromatic heterocycles. The van der Waals surface area contributed by atoms with Gasteiger partial charge in [0, 0.05) is 57.4 Å². The summed E-state index contributed by atoms with van der Waals surface area (Å²) in [5.74, 6) is 0.701. The number of rotatable bonds is 7. The van der Waals surface area contributed by atoms with E-state index < -0.39 is 5.60 Å². The second-order valence-electron chi connectivity index (χ2n) is 6.11. The second-order valence-corrected chi connectivity index (χ2v) is 6.11. The molecular formula is C16H22N6O2. The SMILES string of the molecule is O=C(CCCn1cccn1)NC[C@]1(O)CCN(c2cnccn2)C1. The van der Waals surface area contributed by atoms with Gasteiger partial charge in [0.25, 0.3) is 0 Å². The van der Waals surface area contributed by atoms with E-state index in [1.165, 1.54) is 0 Å². The Kier molecular flexibility index (Phi) is 5.05. The third kappa shape index (κ3) is 4.29. The van der Waals surface area contributed by atoms with Gasteiger partial charge in [0.05, 0.1) is 6.20 Å². The summed E-state index contributed by atoms with van der Waals surface area (Å²) < 4.78 is 1.80. The maximum Gasteiger partial charge on any atom is 0.220 e. The fourth-order valence-electron chi connectivity index (χ4n) is 2.84. The largest absolute Gasteiger partial charge is 0.386 e. The van der Waals surface area contributed by atoms with Gasteiger partial charge in [-0.05, 0) is 18.9 Å². The summed E-state index contributed by atoms with van der Waals surface area (Å²) in [6.07, 6.45) is 10.3. The van der Waals surface area contributed by atoms with Crippen molar-refractivity contribution in [3.8, 4) is 0 Å². The lowest BCUT2D eigenvalue weighted by molar-refractivity contribution is -0.122. The predicted molar refractivity (Wildman–Crippen MR) is 88.3 cm³/mol. The number of amides is 1. The minimum Gasteiger partial charge on any atom is -0.386 e. The van der Waals surface area contributed by atoms with Crippen LogP contribution in [0.1, 0.15) is 19.3 Å². The summed E-state index contributed by atoms with van der Waals surface area (Å²) in [6, 6.07) is 1.86. The zero-order chi connectivity index (χ0) is 16.8. The molecule has 0 spiro atoms. The number of hydrogen-bond acceptors (Lipinski definition) is 6. The van der Waals surface area contributed by atoms with Gasteiger partial charge in [-0.1, -0.05) is 0 Å².